The van der Waals surface area contributed by atoms with E-state index in [2.05, 4.69) is 4.98 Å². The molecule has 4 heteroatoms. The molecule has 0 amide bonds. The second-order valence-electron chi connectivity index (χ2n) is 5.66. The van der Waals surface area contributed by atoms with Crippen molar-refractivity contribution in [2.45, 2.75) is 19.9 Å². The molecule has 1 aromatic heterocycles. The molecule has 0 atom stereocenters. The van der Waals surface area contributed by atoms with Gasteiger partial charge in [0, 0.05) is 28.4 Å². The molecule has 0 aliphatic rings. The molecule has 0 N–H and O–H groups in total. The highest BCUT2D eigenvalue weighted by atomic mass is 35.5. The van der Waals surface area contributed by atoms with Gasteiger partial charge in [-0.3, -0.25) is 4.57 Å². The van der Waals surface area contributed by atoms with Gasteiger partial charge in [0.05, 0.1) is 5.69 Å². The van der Waals surface area contributed by atoms with E-state index in [4.69, 9.17) is 11.6 Å². The zero-order valence-electron chi connectivity index (χ0n) is 13.0. The van der Waals surface area contributed by atoms with Crippen molar-refractivity contribution in [3.8, 4) is 22.4 Å². The van der Waals surface area contributed by atoms with Crippen LogP contribution in [0.2, 0.25) is 5.02 Å². The third kappa shape index (κ3) is 3.20. The van der Waals surface area contributed by atoms with Crippen LogP contribution in [0.25, 0.3) is 22.4 Å². The zero-order chi connectivity index (χ0) is 16.4. The fourth-order valence-electron chi connectivity index (χ4n) is 2.50. The minimum absolute atomic E-state index is 0.0471. The van der Waals surface area contributed by atoms with Crippen LogP contribution in [0.5, 0.6) is 0 Å². The Balaban J connectivity index is 2.28. The van der Waals surface area contributed by atoms with Crippen molar-refractivity contribution < 1.29 is 0 Å². The van der Waals surface area contributed by atoms with Crippen LogP contribution >= 0.6 is 11.6 Å². The second-order valence-corrected chi connectivity index (χ2v) is 6.10. The van der Waals surface area contributed by atoms with E-state index in [0.717, 1.165) is 16.7 Å². The molecule has 0 fully saturated rings. The van der Waals surface area contributed by atoms with Crippen molar-refractivity contribution in [1.82, 2.24) is 9.55 Å². The Kier molecular flexibility index (Phi) is 4.30. The number of benzene rings is 2. The van der Waals surface area contributed by atoms with Crippen LogP contribution < -0.4 is 5.69 Å². The van der Waals surface area contributed by atoms with E-state index in [-0.39, 0.29) is 11.7 Å². The van der Waals surface area contributed by atoms with Gasteiger partial charge in [-0.25, -0.2) is 4.79 Å². The highest BCUT2D eigenvalue weighted by Crippen LogP contribution is 2.30. The molecule has 0 aliphatic heterocycles. The SMILES string of the molecule is CC(C)n1cc(-c2ccc(Cl)cc2)c(-c2ccccc2)nc1=O. The van der Waals surface area contributed by atoms with E-state index in [1.54, 1.807) is 4.57 Å². The standard InChI is InChI=1S/C19H17ClN2O/c1-13(2)22-12-17(14-8-10-16(20)11-9-14)18(21-19(22)23)15-6-4-3-5-7-15/h3-13H,1-2H3. The quantitative estimate of drug-likeness (QED) is 0.693. The minimum atomic E-state index is -0.239. The average molecular weight is 325 g/mol. The number of hydrogen-bond acceptors (Lipinski definition) is 2. The molecular weight excluding hydrogens is 308 g/mol. The van der Waals surface area contributed by atoms with Gasteiger partial charge in [-0.15, -0.1) is 0 Å². The van der Waals surface area contributed by atoms with Crippen LogP contribution in [-0.2, 0) is 0 Å². The van der Waals surface area contributed by atoms with Crippen molar-refractivity contribution >= 4 is 11.6 Å². The Hall–Kier alpha value is -2.39. The molecule has 3 aromatic rings. The third-order valence-electron chi connectivity index (χ3n) is 3.71. The molecule has 3 rings (SSSR count). The monoisotopic (exact) mass is 324 g/mol. The van der Waals surface area contributed by atoms with E-state index in [0.29, 0.717) is 10.7 Å². The summed E-state index contributed by atoms with van der Waals surface area (Å²) in [4.78, 5) is 16.7. The second kappa shape index (κ2) is 6.39. The molecule has 116 valence electrons. The van der Waals surface area contributed by atoms with E-state index in [1.807, 2.05) is 74.6 Å². The van der Waals surface area contributed by atoms with Crippen LogP contribution in [0.4, 0.5) is 0 Å². The third-order valence-corrected chi connectivity index (χ3v) is 3.96. The Morgan fingerprint density at radius 3 is 2.22 bits per heavy atom. The van der Waals surface area contributed by atoms with Gasteiger partial charge in [-0.2, -0.15) is 4.98 Å². The predicted octanol–water partition coefficient (Wildman–Crippen LogP) is 4.81. The summed E-state index contributed by atoms with van der Waals surface area (Å²) >= 11 is 5.99. The van der Waals surface area contributed by atoms with Gasteiger partial charge in [0.2, 0.25) is 0 Å². The largest absolute Gasteiger partial charge is 0.348 e. The van der Waals surface area contributed by atoms with Crippen molar-refractivity contribution in [3.63, 3.8) is 0 Å². The number of nitrogens with zero attached hydrogens (tertiary/aromatic N) is 2. The smallest absolute Gasteiger partial charge is 0.296 e. The first-order valence-electron chi connectivity index (χ1n) is 7.51. The summed E-state index contributed by atoms with van der Waals surface area (Å²) < 4.78 is 1.65. The average Bonchev–Trinajstić information content (AvgIpc) is 2.56. The zero-order valence-corrected chi connectivity index (χ0v) is 13.8. The molecule has 0 saturated heterocycles. The van der Waals surface area contributed by atoms with Gasteiger partial charge in [0.25, 0.3) is 0 Å². The summed E-state index contributed by atoms with van der Waals surface area (Å²) in [5.74, 6) is 0. The van der Waals surface area contributed by atoms with Crippen molar-refractivity contribution in [2.24, 2.45) is 0 Å². The topological polar surface area (TPSA) is 34.9 Å². The fraction of sp³-hybridized carbons (Fsp3) is 0.158. The lowest BCUT2D eigenvalue weighted by atomic mass is 10.0. The predicted molar refractivity (Wildman–Crippen MR) is 94.8 cm³/mol. The molecule has 0 bridgehead atoms. The van der Waals surface area contributed by atoms with E-state index < -0.39 is 0 Å². The van der Waals surface area contributed by atoms with Gasteiger partial charge in [-0.1, -0.05) is 54.1 Å². The van der Waals surface area contributed by atoms with Gasteiger partial charge < -0.3 is 0 Å². The molecule has 1 heterocycles. The lowest BCUT2D eigenvalue weighted by molar-refractivity contribution is 0.565. The number of rotatable bonds is 3. The molecule has 0 radical (unpaired) electrons. The molecule has 3 nitrogen and oxygen atoms in total. The maximum absolute atomic E-state index is 12.3. The summed E-state index contributed by atoms with van der Waals surface area (Å²) in [6.45, 7) is 3.94. The first-order chi connectivity index (χ1) is 11.1. The maximum Gasteiger partial charge on any atom is 0.348 e. The highest BCUT2D eigenvalue weighted by Gasteiger charge is 2.14. The van der Waals surface area contributed by atoms with Gasteiger partial charge in [0.15, 0.2) is 0 Å². The van der Waals surface area contributed by atoms with Gasteiger partial charge in [-0.05, 0) is 31.5 Å². The van der Waals surface area contributed by atoms with Crippen LogP contribution in [0.1, 0.15) is 19.9 Å². The summed E-state index contributed by atoms with van der Waals surface area (Å²) in [6, 6.07) is 17.4. The first-order valence-corrected chi connectivity index (χ1v) is 7.88. The van der Waals surface area contributed by atoms with Crippen LogP contribution in [0.3, 0.4) is 0 Å². The molecule has 0 saturated carbocycles. The Morgan fingerprint density at radius 2 is 1.61 bits per heavy atom. The van der Waals surface area contributed by atoms with Gasteiger partial charge >= 0.3 is 5.69 Å². The lowest BCUT2D eigenvalue weighted by Crippen LogP contribution is -2.25. The normalized spacial score (nSPS) is 11.0. The Morgan fingerprint density at radius 1 is 0.957 bits per heavy atom. The van der Waals surface area contributed by atoms with E-state index in [1.165, 1.54) is 0 Å². The molecule has 0 aliphatic carbocycles. The number of hydrogen-bond donors (Lipinski definition) is 0. The first kappa shape index (κ1) is 15.5. The Bertz CT molecular complexity index is 868. The summed E-state index contributed by atoms with van der Waals surface area (Å²) in [5, 5.41) is 0.681. The van der Waals surface area contributed by atoms with Gasteiger partial charge in [0.1, 0.15) is 0 Å². The van der Waals surface area contributed by atoms with Crippen LogP contribution in [-0.4, -0.2) is 9.55 Å². The summed E-state index contributed by atoms with van der Waals surface area (Å²) in [6.07, 6.45) is 1.88. The minimum Gasteiger partial charge on any atom is -0.296 e. The number of halogens is 1. The van der Waals surface area contributed by atoms with E-state index >= 15 is 0 Å². The number of aromatic nitrogens is 2. The maximum atomic E-state index is 12.3. The fourth-order valence-corrected chi connectivity index (χ4v) is 2.62. The lowest BCUT2D eigenvalue weighted by Gasteiger charge is -2.15. The Labute approximate surface area is 140 Å². The molecule has 23 heavy (non-hydrogen) atoms. The molecule has 0 spiro atoms. The van der Waals surface area contributed by atoms with E-state index in [9.17, 15) is 4.79 Å². The summed E-state index contributed by atoms with van der Waals surface area (Å²) in [7, 11) is 0. The molecule has 2 aromatic carbocycles. The van der Waals surface area contributed by atoms with Crippen molar-refractivity contribution in [1.29, 1.82) is 0 Å². The van der Waals surface area contributed by atoms with Crippen LogP contribution in [0, 0.1) is 0 Å². The summed E-state index contributed by atoms with van der Waals surface area (Å²) in [5.41, 5.74) is 3.27. The van der Waals surface area contributed by atoms with Crippen molar-refractivity contribution in [2.75, 3.05) is 0 Å². The highest BCUT2D eigenvalue weighted by molar-refractivity contribution is 6.30. The molecule has 0 unspecified atom stereocenters. The van der Waals surface area contributed by atoms with Crippen molar-refractivity contribution in [3.05, 3.63) is 76.3 Å². The molecular formula is C19H17ClN2O. The van der Waals surface area contributed by atoms with Crippen LogP contribution in [0.15, 0.2) is 65.6 Å².